The molecule has 0 bridgehead atoms. The van der Waals surface area contributed by atoms with Gasteiger partial charge < -0.3 is 10.1 Å². The van der Waals surface area contributed by atoms with Crippen molar-refractivity contribution in [1.82, 2.24) is 19.8 Å². The van der Waals surface area contributed by atoms with E-state index in [0.717, 1.165) is 18.7 Å². The first-order chi connectivity index (χ1) is 9.50. The molecular weight excluding hydrogens is 280 g/mol. The van der Waals surface area contributed by atoms with Crippen LogP contribution in [0.25, 0.3) is 0 Å². The van der Waals surface area contributed by atoms with Gasteiger partial charge in [0.05, 0.1) is 6.10 Å². The fourth-order valence-electron chi connectivity index (χ4n) is 2.33. The third-order valence-electron chi connectivity index (χ3n) is 3.61. The van der Waals surface area contributed by atoms with Gasteiger partial charge in [-0.05, 0) is 19.9 Å². The fourth-order valence-corrected chi connectivity index (χ4v) is 3.98. The highest BCUT2D eigenvalue weighted by atomic mass is 32.2. The number of methoxy groups -OCH3 is 1. The van der Waals surface area contributed by atoms with E-state index < -0.39 is 10.0 Å². The number of hydrogen-bond acceptors (Lipinski definition) is 5. The highest BCUT2D eigenvalue weighted by Crippen LogP contribution is 2.24. The summed E-state index contributed by atoms with van der Waals surface area (Å²) in [5, 5.41) is 10.1. The number of aryl methyl sites for hydroxylation is 1. The SMILES string of the molecule is CCNCc1c(S(=O)(=O)N2CCC(OC)C2)n[nH]c1C. The van der Waals surface area contributed by atoms with Gasteiger partial charge in [-0.2, -0.15) is 9.40 Å². The van der Waals surface area contributed by atoms with Gasteiger partial charge in [-0.25, -0.2) is 8.42 Å². The second-order valence-corrected chi connectivity index (χ2v) is 6.78. The summed E-state index contributed by atoms with van der Waals surface area (Å²) in [6.07, 6.45) is 0.698. The molecule has 2 heterocycles. The average Bonchev–Trinajstić information content (AvgIpc) is 3.03. The molecule has 0 aliphatic carbocycles. The van der Waals surface area contributed by atoms with Crippen LogP contribution in [-0.2, 0) is 21.3 Å². The Bertz CT molecular complexity index is 555. The zero-order chi connectivity index (χ0) is 14.8. The molecule has 1 aromatic rings. The number of sulfonamides is 1. The van der Waals surface area contributed by atoms with Gasteiger partial charge in [-0.15, -0.1) is 0 Å². The number of hydrogen-bond donors (Lipinski definition) is 2. The number of aromatic amines is 1. The molecule has 7 nitrogen and oxygen atoms in total. The van der Waals surface area contributed by atoms with Crippen LogP contribution in [0.5, 0.6) is 0 Å². The molecule has 1 aromatic heterocycles. The van der Waals surface area contributed by atoms with Gasteiger partial charge in [0.1, 0.15) is 0 Å². The van der Waals surface area contributed by atoms with Gasteiger partial charge in [-0.1, -0.05) is 6.92 Å². The molecule has 0 amide bonds. The maximum absolute atomic E-state index is 12.7. The van der Waals surface area contributed by atoms with E-state index in [0.29, 0.717) is 25.2 Å². The molecule has 1 fully saturated rings. The normalized spacial score (nSPS) is 20.6. The first-order valence-corrected chi connectivity index (χ1v) is 8.22. The standard InChI is InChI=1S/C12H22N4O3S/c1-4-13-7-11-9(2)14-15-12(11)20(17,18)16-6-5-10(8-16)19-3/h10,13H,4-8H2,1-3H3,(H,14,15). The summed E-state index contributed by atoms with van der Waals surface area (Å²) in [6.45, 7) is 5.96. The van der Waals surface area contributed by atoms with Gasteiger partial charge >= 0.3 is 0 Å². The summed E-state index contributed by atoms with van der Waals surface area (Å²) in [5.41, 5.74) is 1.50. The second kappa shape index (κ2) is 6.21. The third kappa shape index (κ3) is 2.88. The summed E-state index contributed by atoms with van der Waals surface area (Å²) < 4.78 is 32.0. The lowest BCUT2D eigenvalue weighted by molar-refractivity contribution is 0.115. The number of aromatic nitrogens is 2. The summed E-state index contributed by atoms with van der Waals surface area (Å²) in [4.78, 5) is 0. The molecule has 1 aliphatic rings. The van der Waals surface area contributed by atoms with Crippen LogP contribution in [0.1, 0.15) is 24.6 Å². The lowest BCUT2D eigenvalue weighted by Gasteiger charge is -2.15. The van der Waals surface area contributed by atoms with Crippen LogP contribution < -0.4 is 5.32 Å². The Labute approximate surface area is 119 Å². The quantitative estimate of drug-likeness (QED) is 0.786. The number of rotatable bonds is 6. The van der Waals surface area contributed by atoms with E-state index in [1.807, 2.05) is 13.8 Å². The fraction of sp³-hybridized carbons (Fsp3) is 0.750. The summed E-state index contributed by atoms with van der Waals surface area (Å²) in [6, 6.07) is 0. The van der Waals surface area contributed by atoms with Gasteiger partial charge in [0.2, 0.25) is 0 Å². The van der Waals surface area contributed by atoms with Crippen molar-refractivity contribution in [2.24, 2.45) is 0 Å². The van der Waals surface area contributed by atoms with Crippen LogP contribution in [0.2, 0.25) is 0 Å². The lowest BCUT2D eigenvalue weighted by atomic mass is 10.2. The zero-order valence-corrected chi connectivity index (χ0v) is 13.0. The van der Waals surface area contributed by atoms with Crippen LogP contribution in [0.15, 0.2) is 5.03 Å². The lowest BCUT2D eigenvalue weighted by Crippen LogP contribution is -2.31. The number of nitrogens with one attached hydrogen (secondary N) is 2. The number of nitrogens with zero attached hydrogens (tertiary/aromatic N) is 2. The molecule has 1 unspecified atom stereocenters. The Morgan fingerprint density at radius 1 is 1.55 bits per heavy atom. The maximum Gasteiger partial charge on any atom is 0.262 e. The van der Waals surface area contributed by atoms with Crippen LogP contribution in [-0.4, -0.2) is 55.8 Å². The van der Waals surface area contributed by atoms with E-state index >= 15 is 0 Å². The largest absolute Gasteiger partial charge is 0.380 e. The summed E-state index contributed by atoms with van der Waals surface area (Å²) in [5.74, 6) is 0. The van der Waals surface area contributed by atoms with Crippen molar-refractivity contribution in [3.63, 3.8) is 0 Å². The highest BCUT2D eigenvalue weighted by Gasteiger charge is 2.35. The van der Waals surface area contributed by atoms with Crippen LogP contribution >= 0.6 is 0 Å². The number of H-pyrrole nitrogens is 1. The van der Waals surface area contributed by atoms with E-state index in [1.54, 1.807) is 7.11 Å². The van der Waals surface area contributed by atoms with Crippen molar-refractivity contribution in [2.75, 3.05) is 26.7 Å². The van der Waals surface area contributed by atoms with E-state index in [-0.39, 0.29) is 11.1 Å². The van der Waals surface area contributed by atoms with Gasteiger partial charge in [0.15, 0.2) is 5.03 Å². The summed E-state index contributed by atoms with van der Waals surface area (Å²) >= 11 is 0. The monoisotopic (exact) mass is 302 g/mol. The number of ether oxygens (including phenoxy) is 1. The molecular formula is C12H22N4O3S. The molecule has 8 heteroatoms. The topological polar surface area (TPSA) is 87.3 Å². The Kier molecular flexibility index (Phi) is 4.79. The predicted octanol–water partition coefficient (Wildman–Crippen LogP) is 0.237. The highest BCUT2D eigenvalue weighted by molar-refractivity contribution is 7.89. The van der Waals surface area contributed by atoms with Crippen molar-refractivity contribution < 1.29 is 13.2 Å². The van der Waals surface area contributed by atoms with Crippen molar-refractivity contribution in [3.8, 4) is 0 Å². The van der Waals surface area contributed by atoms with Crippen molar-refractivity contribution in [2.45, 2.75) is 37.9 Å². The van der Waals surface area contributed by atoms with Gasteiger partial charge in [-0.3, -0.25) is 5.10 Å². The molecule has 114 valence electrons. The second-order valence-electron chi connectivity index (χ2n) is 4.92. The molecule has 0 radical (unpaired) electrons. The van der Waals surface area contributed by atoms with E-state index in [2.05, 4.69) is 15.5 Å². The molecule has 20 heavy (non-hydrogen) atoms. The first kappa shape index (κ1) is 15.4. The molecule has 0 saturated carbocycles. The Morgan fingerprint density at radius 3 is 2.90 bits per heavy atom. The van der Waals surface area contributed by atoms with Crippen LogP contribution in [0.3, 0.4) is 0 Å². The van der Waals surface area contributed by atoms with Crippen LogP contribution in [0.4, 0.5) is 0 Å². The summed E-state index contributed by atoms with van der Waals surface area (Å²) in [7, 11) is -1.94. The minimum atomic E-state index is -3.55. The molecule has 0 spiro atoms. The zero-order valence-electron chi connectivity index (χ0n) is 12.1. The first-order valence-electron chi connectivity index (χ1n) is 6.78. The third-order valence-corrected chi connectivity index (χ3v) is 5.45. The molecule has 1 aliphatic heterocycles. The predicted molar refractivity (Wildman–Crippen MR) is 74.9 cm³/mol. The molecule has 0 aromatic carbocycles. The Balaban J connectivity index is 2.26. The average molecular weight is 302 g/mol. The van der Waals surface area contributed by atoms with E-state index in [1.165, 1.54) is 4.31 Å². The molecule has 2 N–H and O–H groups in total. The van der Waals surface area contributed by atoms with Crippen molar-refractivity contribution in [1.29, 1.82) is 0 Å². The Morgan fingerprint density at radius 2 is 2.30 bits per heavy atom. The Hall–Kier alpha value is -0.960. The minimum Gasteiger partial charge on any atom is -0.380 e. The molecule has 1 atom stereocenters. The minimum absolute atomic E-state index is 0.0259. The van der Waals surface area contributed by atoms with Crippen molar-refractivity contribution in [3.05, 3.63) is 11.3 Å². The van der Waals surface area contributed by atoms with E-state index in [9.17, 15) is 8.42 Å². The van der Waals surface area contributed by atoms with Crippen LogP contribution in [0, 0.1) is 6.92 Å². The molecule has 2 rings (SSSR count). The van der Waals surface area contributed by atoms with Gasteiger partial charge in [0.25, 0.3) is 10.0 Å². The smallest absolute Gasteiger partial charge is 0.262 e. The molecule has 1 saturated heterocycles. The van der Waals surface area contributed by atoms with Crippen molar-refractivity contribution >= 4 is 10.0 Å². The van der Waals surface area contributed by atoms with E-state index in [4.69, 9.17) is 4.74 Å². The maximum atomic E-state index is 12.7. The van der Waals surface area contributed by atoms with Gasteiger partial charge in [0, 0.05) is 38.0 Å².